The number of amides is 1. The molecular weight excluding hydrogens is 350 g/mol. The second kappa shape index (κ2) is 8.72. The van der Waals surface area contributed by atoms with Gasteiger partial charge in [0.25, 0.3) is 0 Å². The smallest absolute Gasteiger partial charge is 0.222 e. The molecule has 1 atom stereocenters. The lowest BCUT2D eigenvalue weighted by molar-refractivity contribution is -0.133. The third-order valence-electron chi connectivity index (χ3n) is 5.88. The number of carbonyl (C=O) groups excluding carboxylic acids is 1. The number of rotatable bonds is 5. The highest BCUT2D eigenvalue weighted by Crippen LogP contribution is 2.26. The van der Waals surface area contributed by atoms with E-state index in [4.69, 9.17) is 11.6 Å². The second-order valence-electron chi connectivity index (χ2n) is 7.94. The lowest BCUT2D eigenvalue weighted by Crippen LogP contribution is -2.47. The molecule has 26 heavy (non-hydrogen) atoms. The molecule has 3 heterocycles. The van der Waals surface area contributed by atoms with Gasteiger partial charge >= 0.3 is 0 Å². The zero-order valence-corrected chi connectivity index (χ0v) is 17.1. The molecule has 2 aliphatic heterocycles. The summed E-state index contributed by atoms with van der Waals surface area (Å²) in [6, 6.07) is 0. The SMILES string of the molecule is Cc1nn(C)c(Cl)c1CN1CCC[C@H](CCC(=O)N2CCN(C)CC2)C1. The summed E-state index contributed by atoms with van der Waals surface area (Å²) in [5, 5.41) is 5.16. The Balaban J connectivity index is 1.47. The van der Waals surface area contributed by atoms with Crippen molar-refractivity contribution in [1.82, 2.24) is 24.5 Å². The molecule has 1 aromatic rings. The molecule has 0 saturated carbocycles. The summed E-state index contributed by atoms with van der Waals surface area (Å²) >= 11 is 6.39. The Morgan fingerprint density at radius 1 is 1.19 bits per heavy atom. The van der Waals surface area contributed by atoms with Crippen LogP contribution in [-0.2, 0) is 18.4 Å². The second-order valence-corrected chi connectivity index (χ2v) is 8.30. The van der Waals surface area contributed by atoms with E-state index in [-0.39, 0.29) is 0 Å². The molecule has 0 radical (unpaired) electrons. The molecule has 2 aliphatic rings. The predicted octanol–water partition coefficient (Wildman–Crippen LogP) is 2.15. The number of nitrogens with zero attached hydrogens (tertiary/aromatic N) is 5. The first-order valence-corrected chi connectivity index (χ1v) is 10.2. The van der Waals surface area contributed by atoms with Crippen molar-refractivity contribution >= 4 is 17.5 Å². The van der Waals surface area contributed by atoms with Gasteiger partial charge in [0, 0.05) is 58.3 Å². The maximum atomic E-state index is 12.5. The first-order chi connectivity index (χ1) is 12.4. The van der Waals surface area contributed by atoms with E-state index in [2.05, 4.69) is 21.9 Å². The maximum Gasteiger partial charge on any atom is 0.222 e. The highest BCUT2D eigenvalue weighted by Gasteiger charge is 2.25. The first kappa shape index (κ1) is 19.6. The van der Waals surface area contributed by atoms with Crippen LogP contribution in [0.3, 0.4) is 0 Å². The fourth-order valence-corrected chi connectivity index (χ4v) is 4.38. The highest BCUT2D eigenvalue weighted by atomic mass is 35.5. The van der Waals surface area contributed by atoms with E-state index in [0.717, 1.165) is 68.6 Å². The molecule has 0 unspecified atom stereocenters. The predicted molar refractivity (Wildman–Crippen MR) is 104 cm³/mol. The third kappa shape index (κ3) is 4.78. The number of hydrogen-bond donors (Lipinski definition) is 0. The number of carbonyl (C=O) groups is 1. The third-order valence-corrected chi connectivity index (χ3v) is 6.35. The first-order valence-electron chi connectivity index (χ1n) is 9.80. The average Bonchev–Trinajstić information content (AvgIpc) is 2.87. The largest absolute Gasteiger partial charge is 0.340 e. The number of likely N-dealkylation sites (N-methyl/N-ethyl adjacent to an activating group) is 1. The number of aryl methyl sites for hydroxylation is 2. The Morgan fingerprint density at radius 3 is 2.58 bits per heavy atom. The minimum absolute atomic E-state index is 0.335. The Hall–Kier alpha value is -1.11. The van der Waals surface area contributed by atoms with Crippen LogP contribution >= 0.6 is 11.6 Å². The number of aromatic nitrogens is 2. The van der Waals surface area contributed by atoms with Crippen LogP contribution in [0.5, 0.6) is 0 Å². The molecule has 2 saturated heterocycles. The molecular formula is C19H32ClN5O. The van der Waals surface area contributed by atoms with Crippen molar-refractivity contribution in [3.8, 4) is 0 Å². The molecule has 1 amide bonds. The van der Waals surface area contributed by atoms with Crippen LogP contribution in [0, 0.1) is 12.8 Å². The molecule has 146 valence electrons. The maximum absolute atomic E-state index is 12.5. The van der Waals surface area contributed by atoms with Crippen LogP contribution in [-0.4, -0.2) is 76.7 Å². The van der Waals surface area contributed by atoms with Gasteiger partial charge in [-0.05, 0) is 45.7 Å². The van der Waals surface area contributed by atoms with Gasteiger partial charge in [-0.3, -0.25) is 14.4 Å². The van der Waals surface area contributed by atoms with Crippen molar-refractivity contribution in [2.24, 2.45) is 13.0 Å². The molecule has 2 fully saturated rings. The van der Waals surface area contributed by atoms with E-state index in [1.807, 2.05) is 18.9 Å². The number of halogens is 1. The Bertz CT molecular complexity index is 624. The van der Waals surface area contributed by atoms with Crippen molar-refractivity contribution in [1.29, 1.82) is 0 Å². The standard InChI is InChI=1S/C19H32ClN5O/c1-15-17(19(20)23(3)21-15)14-24-8-4-5-16(13-24)6-7-18(26)25-11-9-22(2)10-12-25/h16H,4-14H2,1-3H3/t16-/m1/s1. The summed E-state index contributed by atoms with van der Waals surface area (Å²) in [5.74, 6) is 0.942. The van der Waals surface area contributed by atoms with Gasteiger partial charge in [0.05, 0.1) is 5.69 Å². The molecule has 0 spiro atoms. The number of hydrogen-bond acceptors (Lipinski definition) is 4. The van der Waals surface area contributed by atoms with Crippen molar-refractivity contribution in [2.45, 2.75) is 39.2 Å². The minimum Gasteiger partial charge on any atom is -0.340 e. The molecule has 3 rings (SSSR count). The van der Waals surface area contributed by atoms with Gasteiger partial charge in [0.1, 0.15) is 5.15 Å². The fraction of sp³-hybridized carbons (Fsp3) is 0.789. The van der Waals surface area contributed by atoms with Crippen molar-refractivity contribution in [2.75, 3.05) is 46.3 Å². The summed E-state index contributed by atoms with van der Waals surface area (Å²) in [5.41, 5.74) is 2.16. The van der Waals surface area contributed by atoms with Crippen LogP contribution in [0.15, 0.2) is 0 Å². The highest BCUT2D eigenvalue weighted by molar-refractivity contribution is 6.30. The monoisotopic (exact) mass is 381 g/mol. The Morgan fingerprint density at radius 2 is 1.92 bits per heavy atom. The van der Waals surface area contributed by atoms with Crippen molar-refractivity contribution in [3.05, 3.63) is 16.4 Å². The number of piperidine rings is 1. The molecule has 1 aromatic heterocycles. The summed E-state index contributed by atoms with van der Waals surface area (Å²) < 4.78 is 1.75. The van der Waals surface area contributed by atoms with Gasteiger partial charge in [-0.25, -0.2) is 0 Å². The van der Waals surface area contributed by atoms with E-state index in [9.17, 15) is 4.79 Å². The van der Waals surface area contributed by atoms with E-state index in [0.29, 0.717) is 18.2 Å². The molecule has 7 heteroatoms. The van der Waals surface area contributed by atoms with Gasteiger partial charge in [0.2, 0.25) is 5.91 Å². The van der Waals surface area contributed by atoms with Crippen LogP contribution in [0.1, 0.15) is 36.9 Å². The quantitative estimate of drug-likeness (QED) is 0.784. The zero-order chi connectivity index (χ0) is 18.7. The Kier molecular flexibility index (Phi) is 6.59. The van der Waals surface area contributed by atoms with Crippen LogP contribution in [0.25, 0.3) is 0 Å². The van der Waals surface area contributed by atoms with E-state index < -0.39 is 0 Å². The van der Waals surface area contributed by atoms with E-state index in [1.165, 1.54) is 12.8 Å². The van der Waals surface area contributed by atoms with Gasteiger partial charge in [-0.15, -0.1) is 0 Å². The summed E-state index contributed by atoms with van der Waals surface area (Å²) in [7, 11) is 4.01. The Labute approximate surface area is 162 Å². The molecule has 0 aliphatic carbocycles. The van der Waals surface area contributed by atoms with Crippen LogP contribution in [0.4, 0.5) is 0 Å². The average molecular weight is 382 g/mol. The molecule has 6 nitrogen and oxygen atoms in total. The van der Waals surface area contributed by atoms with Gasteiger partial charge in [-0.1, -0.05) is 11.6 Å². The van der Waals surface area contributed by atoms with Crippen molar-refractivity contribution in [3.63, 3.8) is 0 Å². The van der Waals surface area contributed by atoms with Gasteiger partial charge in [0.15, 0.2) is 0 Å². The zero-order valence-electron chi connectivity index (χ0n) is 16.4. The van der Waals surface area contributed by atoms with Gasteiger partial charge < -0.3 is 9.80 Å². The lowest BCUT2D eigenvalue weighted by atomic mass is 9.93. The number of likely N-dealkylation sites (tertiary alicyclic amines) is 1. The fourth-order valence-electron chi connectivity index (χ4n) is 4.15. The molecule has 0 aromatic carbocycles. The molecule has 0 bridgehead atoms. The molecule has 0 N–H and O–H groups in total. The van der Waals surface area contributed by atoms with E-state index in [1.54, 1.807) is 4.68 Å². The van der Waals surface area contributed by atoms with Gasteiger partial charge in [-0.2, -0.15) is 5.10 Å². The van der Waals surface area contributed by atoms with Crippen molar-refractivity contribution < 1.29 is 4.79 Å². The number of piperazine rings is 1. The lowest BCUT2D eigenvalue weighted by Gasteiger charge is -2.34. The summed E-state index contributed by atoms with van der Waals surface area (Å²) in [6.07, 6.45) is 4.12. The van der Waals surface area contributed by atoms with E-state index >= 15 is 0 Å². The topological polar surface area (TPSA) is 44.6 Å². The summed E-state index contributed by atoms with van der Waals surface area (Å²) in [4.78, 5) is 19.3. The van der Waals surface area contributed by atoms with Crippen LogP contribution in [0.2, 0.25) is 5.15 Å². The minimum atomic E-state index is 0.335. The summed E-state index contributed by atoms with van der Waals surface area (Å²) in [6.45, 7) is 8.80. The normalized spacial score (nSPS) is 22.8. The van der Waals surface area contributed by atoms with Crippen LogP contribution < -0.4 is 0 Å².